The van der Waals surface area contributed by atoms with E-state index in [9.17, 15) is 20.1 Å². The van der Waals surface area contributed by atoms with Crippen LogP contribution in [0, 0.1) is 23.7 Å². The molecule has 0 saturated carbocycles. The zero-order chi connectivity index (χ0) is 44.7. The molecule has 6 aliphatic heterocycles. The molecule has 5 saturated heterocycles. The van der Waals surface area contributed by atoms with Gasteiger partial charge in [0.05, 0.1) is 49.3 Å². The molecule has 6 heterocycles. The van der Waals surface area contributed by atoms with E-state index in [4.69, 9.17) is 47.4 Å². The van der Waals surface area contributed by atoms with Crippen LogP contribution in [0.15, 0.2) is 47.1 Å². The van der Waals surface area contributed by atoms with Crippen LogP contribution in [-0.2, 0) is 52.2 Å². The van der Waals surface area contributed by atoms with Gasteiger partial charge in [0.15, 0.2) is 18.4 Å². The fourth-order valence-electron chi connectivity index (χ4n) is 11.0. The molecule has 0 aromatic carbocycles. The van der Waals surface area contributed by atoms with Gasteiger partial charge in [-0.2, -0.15) is 0 Å². The molecule has 7 aliphatic rings. The molecule has 5 fully saturated rings. The summed E-state index contributed by atoms with van der Waals surface area (Å²) in [5.41, 5.74) is 0.188. The summed E-state index contributed by atoms with van der Waals surface area (Å²) in [6.07, 6.45) is 6.53. The summed E-state index contributed by atoms with van der Waals surface area (Å²) in [7, 11) is 3.23. The summed E-state index contributed by atoms with van der Waals surface area (Å²) in [6, 6.07) is 0. The third-order valence-corrected chi connectivity index (χ3v) is 14.9. The summed E-state index contributed by atoms with van der Waals surface area (Å²) >= 11 is 0. The lowest BCUT2D eigenvalue weighted by molar-refractivity contribution is -0.340. The maximum absolute atomic E-state index is 14.4. The Labute approximate surface area is 368 Å². The maximum Gasteiger partial charge on any atom is 0.316 e. The highest BCUT2D eigenvalue weighted by atomic mass is 16.7. The lowest BCUT2D eigenvalue weighted by atomic mass is 9.71. The minimum absolute atomic E-state index is 0.00708. The van der Waals surface area contributed by atoms with Crippen molar-refractivity contribution in [1.82, 2.24) is 0 Å². The zero-order valence-corrected chi connectivity index (χ0v) is 38.5. The molecule has 1 spiro atoms. The number of carbonyl (C=O) groups excluding carboxylic acids is 1. The van der Waals surface area contributed by atoms with E-state index in [0.717, 1.165) is 18.4 Å². The lowest BCUT2D eigenvalue weighted by Crippen LogP contribution is -2.58. The third kappa shape index (κ3) is 9.73. The van der Waals surface area contributed by atoms with Crippen LogP contribution < -0.4 is 0 Å². The number of ether oxygens (including phenoxy) is 10. The molecular weight excluding hydrogens is 801 g/mol. The summed E-state index contributed by atoms with van der Waals surface area (Å²) in [4.78, 5) is 14.4. The van der Waals surface area contributed by atoms with Crippen LogP contribution in [0.2, 0.25) is 0 Å². The number of hydrogen-bond acceptors (Lipinski definition) is 14. The number of allylic oxidation sites excluding steroid dienone is 2. The molecule has 1 aliphatic carbocycles. The van der Waals surface area contributed by atoms with E-state index in [0.29, 0.717) is 61.5 Å². The van der Waals surface area contributed by atoms with E-state index in [1.54, 1.807) is 40.2 Å². The predicted octanol–water partition coefficient (Wildman–Crippen LogP) is 5.60. The molecule has 14 heteroatoms. The Morgan fingerprint density at radius 2 is 1.63 bits per heavy atom. The number of hydrogen-bond donors (Lipinski definition) is 3. The fraction of sp³-hybridized carbons (Fsp3) is 0.812. The van der Waals surface area contributed by atoms with E-state index < -0.39 is 90.8 Å². The Morgan fingerprint density at radius 1 is 0.919 bits per heavy atom. The quantitative estimate of drug-likeness (QED) is 0.204. The van der Waals surface area contributed by atoms with Crippen molar-refractivity contribution in [2.24, 2.45) is 23.7 Å². The summed E-state index contributed by atoms with van der Waals surface area (Å²) in [5.74, 6) is -2.10. The van der Waals surface area contributed by atoms with Gasteiger partial charge in [0.1, 0.15) is 42.0 Å². The topological polar surface area (TPSA) is 170 Å². The van der Waals surface area contributed by atoms with Crippen molar-refractivity contribution >= 4 is 5.97 Å². The van der Waals surface area contributed by atoms with Crippen LogP contribution >= 0.6 is 0 Å². The number of aliphatic hydroxyl groups is 3. The molecule has 7 rings (SSSR count). The molecule has 0 aromatic rings. The van der Waals surface area contributed by atoms with Crippen LogP contribution in [0.25, 0.3) is 0 Å². The van der Waals surface area contributed by atoms with Gasteiger partial charge in [-0.15, -0.1) is 0 Å². The van der Waals surface area contributed by atoms with Gasteiger partial charge in [-0.3, -0.25) is 4.79 Å². The Morgan fingerprint density at radius 3 is 2.35 bits per heavy atom. The van der Waals surface area contributed by atoms with Gasteiger partial charge < -0.3 is 62.7 Å². The minimum atomic E-state index is -1.82. The van der Waals surface area contributed by atoms with Gasteiger partial charge in [0.2, 0.25) is 0 Å². The summed E-state index contributed by atoms with van der Waals surface area (Å²) in [6.45, 7) is 16.3. The maximum atomic E-state index is 14.4. The summed E-state index contributed by atoms with van der Waals surface area (Å²) in [5, 5.41) is 34.2. The van der Waals surface area contributed by atoms with Gasteiger partial charge in [-0.25, -0.2) is 0 Å². The number of rotatable bonds is 8. The fourth-order valence-corrected chi connectivity index (χ4v) is 11.0. The van der Waals surface area contributed by atoms with E-state index in [2.05, 4.69) is 40.7 Å². The largest absolute Gasteiger partial charge is 0.462 e. The average molecular weight is 875 g/mol. The molecule has 0 radical (unpaired) electrons. The van der Waals surface area contributed by atoms with Crippen molar-refractivity contribution in [1.29, 1.82) is 0 Å². The molecule has 0 amide bonds. The van der Waals surface area contributed by atoms with Gasteiger partial charge in [-0.1, -0.05) is 64.5 Å². The first-order valence-corrected chi connectivity index (χ1v) is 23.2. The number of carbonyl (C=O) groups is 1. The minimum Gasteiger partial charge on any atom is -0.462 e. The highest BCUT2D eigenvalue weighted by Gasteiger charge is 2.60. The van der Waals surface area contributed by atoms with Crippen LogP contribution in [0.3, 0.4) is 0 Å². The first kappa shape index (κ1) is 47.9. The third-order valence-electron chi connectivity index (χ3n) is 14.9. The number of fused-ring (bicyclic) bond motifs is 2. The number of aliphatic hydroxyl groups excluding tert-OH is 2. The van der Waals surface area contributed by atoms with Crippen LogP contribution in [0.4, 0.5) is 0 Å². The Balaban J connectivity index is 1.18. The van der Waals surface area contributed by atoms with Crippen molar-refractivity contribution in [3.8, 4) is 0 Å². The number of esters is 1. The first-order chi connectivity index (χ1) is 29.5. The standard InChI is InChI=1S/C48H74O14/c1-11-25(2)43-28(5)17-18-47(62-43)23-34-20-33(61-47)16-15-27(4)42(26(3)13-12-14-32-24-55-45-40(49)29(6)19-35(46(51)58-34)48(32,45)52)59-39-22-37(54-10)44(31(8)57-39)60-38-21-36(53-9)41(50)30(7)56-38/h12-15,19,25-26,28,30-31,33-45,49-50,52H,11,16-18,20-24H2,1-10H3/b13-12+,27-15+,32-14+/t25-,26-,28-,30-,31-,33+,34-,35-,36-,37-,38-,39-,40+,41-,42-,43+,44-,45+,47+,48-/m0/s1. The van der Waals surface area contributed by atoms with Crippen molar-refractivity contribution in [2.45, 2.75) is 204 Å². The molecule has 62 heavy (non-hydrogen) atoms. The van der Waals surface area contributed by atoms with Gasteiger partial charge in [0.25, 0.3) is 0 Å². The summed E-state index contributed by atoms with van der Waals surface area (Å²) < 4.78 is 63.9. The van der Waals surface area contributed by atoms with Crippen molar-refractivity contribution in [3.05, 3.63) is 47.1 Å². The smallest absolute Gasteiger partial charge is 0.316 e. The zero-order valence-electron chi connectivity index (χ0n) is 38.5. The van der Waals surface area contributed by atoms with Gasteiger partial charge in [-0.05, 0) is 69.1 Å². The second kappa shape index (κ2) is 19.8. The molecule has 350 valence electrons. The van der Waals surface area contributed by atoms with E-state index in [1.807, 2.05) is 19.1 Å². The molecule has 2 bridgehead atoms. The van der Waals surface area contributed by atoms with Crippen LogP contribution in [0.1, 0.15) is 107 Å². The van der Waals surface area contributed by atoms with Crippen molar-refractivity contribution in [2.75, 3.05) is 20.8 Å². The van der Waals surface area contributed by atoms with Gasteiger partial charge in [0, 0.05) is 52.2 Å². The second-order valence-corrected chi connectivity index (χ2v) is 19.4. The predicted molar refractivity (Wildman–Crippen MR) is 227 cm³/mol. The molecule has 14 nitrogen and oxygen atoms in total. The Bertz CT molecular complexity index is 1680. The Hall–Kier alpha value is -2.05. The molecule has 3 N–H and O–H groups in total. The molecule has 0 unspecified atom stereocenters. The monoisotopic (exact) mass is 875 g/mol. The van der Waals surface area contributed by atoms with E-state index in [1.165, 1.54) is 0 Å². The van der Waals surface area contributed by atoms with E-state index in [-0.39, 0.29) is 30.8 Å². The molecule has 0 aromatic heterocycles. The van der Waals surface area contributed by atoms with Crippen molar-refractivity contribution < 1.29 is 67.5 Å². The normalized spacial score (nSPS) is 49.4. The highest BCUT2D eigenvalue weighted by Crippen LogP contribution is 2.48. The SMILES string of the molecule is CC[C@H](C)[C@H]1O[C@]2(CC[C@@H]1C)C[C@@H]1C[C@@H](C/C=C(\C)[C@@H](O[C@H]3C[C@H](OC)[C@@H](O[C@H]4C[C@H](OC)[C@@H](O)[C@H](C)O4)[C@H](C)O3)[C@@H](C)/C=C/C=C3\CO[C@@H]4[C@H](O)C(C)=C[C@@H](C(=O)O1)[C@@]34O)O2. The number of methoxy groups -OCH3 is 2. The van der Waals surface area contributed by atoms with Crippen molar-refractivity contribution in [3.63, 3.8) is 0 Å². The molecule has 20 atom stereocenters. The molecular formula is C48H74O14. The Kier molecular flexibility index (Phi) is 15.3. The highest BCUT2D eigenvalue weighted by molar-refractivity contribution is 5.78. The van der Waals surface area contributed by atoms with E-state index >= 15 is 0 Å². The lowest BCUT2D eigenvalue weighted by Gasteiger charge is -2.51. The first-order valence-electron chi connectivity index (χ1n) is 23.2. The second-order valence-electron chi connectivity index (χ2n) is 19.4. The van der Waals surface area contributed by atoms with Gasteiger partial charge >= 0.3 is 5.97 Å². The van der Waals surface area contributed by atoms with Crippen LogP contribution in [-0.4, -0.2) is 139 Å². The van der Waals surface area contributed by atoms with Crippen LogP contribution in [0.5, 0.6) is 0 Å². The average Bonchev–Trinajstić information content (AvgIpc) is 3.58.